The van der Waals surface area contributed by atoms with Gasteiger partial charge in [-0.3, -0.25) is 0 Å². The lowest BCUT2D eigenvalue weighted by Gasteiger charge is -2.22. The van der Waals surface area contributed by atoms with E-state index in [1.54, 1.807) is 6.20 Å². The maximum absolute atomic E-state index is 5.71. The van der Waals surface area contributed by atoms with Crippen molar-refractivity contribution in [3.05, 3.63) is 18.3 Å². The van der Waals surface area contributed by atoms with Crippen LogP contribution in [0, 0.1) is 0 Å². The molecule has 0 bridgehead atoms. The highest BCUT2D eigenvalue weighted by molar-refractivity contribution is 6.18. The van der Waals surface area contributed by atoms with E-state index in [0.717, 1.165) is 5.82 Å². The number of hydrogen-bond acceptors (Lipinski definition) is 3. The summed E-state index contributed by atoms with van der Waals surface area (Å²) in [4.78, 5) is 2.00. The van der Waals surface area contributed by atoms with Crippen molar-refractivity contribution in [1.82, 2.24) is 10.2 Å². The van der Waals surface area contributed by atoms with E-state index in [1.807, 2.05) is 31.0 Å². The molecule has 1 atom stereocenters. The fourth-order valence-electron chi connectivity index (χ4n) is 0.811. The molecule has 0 saturated heterocycles. The predicted molar refractivity (Wildman–Crippen MR) is 50.6 cm³/mol. The number of hydrogen-bond donors (Lipinski definition) is 0. The van der Waals surface area contributed by atoms with Crippen molar-refractivity contribution in [3.8, 4) is 0 Å². The quantitative estimate of drug-likeness (QED) is 0.669. The molecule has 0 amide bonds. The standard InChI is InChI=1S/C8H12ClN3/c1-7(6-9)12(2)8-4-3-5-10-11-8/h3-5,7H,6H2,1-2H3. The minimum Gasteiger partial charge on any atom is -0.354 e. The average Bonchev–Trinajstić information content (AvgIpc) is 2.17. The van der Waals surface area contributed by atoms with Gasteiger partial charge in [0.25, 0.3) is 0 Å². The number of nitrogens with zero attached hydrogens (tertiary/aromatic N) is 3. The maximum Gasteiger partial charge on any atom is 0.151 e. The molecule has 1 rings (SSSR count). The Morgan fingerprint density at radius 1 is 1.67 bits per heavy atom. The minimum atomic E-state index is 0.281. The lowest BCUT2D eigenvalue weighted by Crippen LogP contribution is -2.30. The topological polar surface area (TPSA) is 29.0 Å². The molecule has 0 aliphatic heterocycles. The molecule has 0 spiro atoms. The highest BCUT2D eigenvalue weighted by atomic mass is 35.5. The van der Waals surface area contributed by atoms with Crippen LogP contribution in [0.4, 0.5) is 5.82 Å². The molecule has 0 aliphatic carbocycles. The fourth-order valence-corrected chi connectivity index (χ4v) is 1.02. The van der Waals surface area contributed by atoms with Gasteiger partial charge in [0.05, 0.1) is 0 Å². The normalized spacial score (nSPS) is 12.6. The second-order valence-electron chi connectivity index (χ2n) is 2.70. The van der Waals surface area contributed by atoms with Crippen molar-refractivity contribution in [2.75, 3.05) is 17.8 Å². The molecule has 12 heavy (non-hydrogen) atoms. The third-order valence-electron chi connectivity index (χ3n) is 1.80. The van der Waals surface area contributed by atoms with E-state index in [0.29, 0.717) is 5.88 Å². The third-order valence-corrected chi connectivity index (χ3v) is 2.25. The van der Waals surface area contributed by atoms with Crippen LogP contribution in [0.25, 0.3) is 0 Å². The Bertz CT molecular complexity index is 227. The summed E-state index contributed by atoms with van der Waals surface area (Å²) in [5.74, 6) is 1.44. The lowest BCUT2D eigenvalue weighted by atomic mass is 10.3. The van der Waals surface area contributed by atoms with Crippen LogP contribution in [0.15, 0.2) is 18.3 Å². The third kappa shape index (κ3) is 2.08. The first-order valence-corrected chi connectivity index (χ1v) is 4.35. The van der Waals surface area contributed by atoms with Gasteiger partial charge in [0, 0.05) is 25.2 Å². The van der Waals surface area contributed by atoms with Crippen LogP contribution < -0.4 is 4.90 Å². The fraction of sp³-hybridized carbons (Fsp3) is 0.500. The Hall–Kier alpha value is -0.830. The molecule has 4 heteroatoms. The highest BCUT2D eigenvalue weighted by Gasteiger charge is 2.08. The van der Waals surface area contributed by atoms with E-state index in [4.69, 9.17) is 11.6 Å². The SMILES string of the molecule is CC(CCl)N(C)c1cccnn1. The number of anilines is 1. The summed E-state index contributed by atoms with van der Waals surface area (Å²) < 4.78 is 0. The van der Waals surface area contributed by atoms with Crippen molar-refractivity contribution in [1.29, 1.82) is 0 Å². The number of rotatable bonds is 3. The summed E-state index contributed by atoms with van der Waals surface area (Å²) in [6.45, 7) is 2.04. The van der Waals surface area contributed by atoms with Crippen LogP contribution in [-0.4, -0.2) is 29.2 Å². The summed E-state index contributed by atoms with van der Waals surface area (Å²) in [6.07, 6.45) is 1.66. The number of aromatic nitrogens is 2. The molecule has 66 valence electrons. The zero-order valence-electron chi connectivity index (χ0n) is 7.24. The van der Waals surface area contributed by atoms with Gasteiger partial charge in [-0.05, 0) is 19.1 Å². The number of halogens is 1. The Morgan fingerprint density at radius 3 is 2.92 bits per heavy atom. The molecule has 0 N–H and O–H groups in total. The minimum absolute atomic E-state index is 0.281. The monoisotopic (exact) mass is 185 g/mol. The first kappa shape index (κ1) is 9.26. The molecule has 1 aromatic heterocycles. The van der Waals surface area contributed by atoms with Gasteiger partial charge in [-0.25, -0.2) is 0 Å². The molecule has 1 aromatic rings. The first-order chi connectivity index (χ1) is 5.75. The van der Waals surface area contributed by atoms with Gasteiger partial charge in [-0.2, -0.15) is 5.10 Å². The van der Waals surface area contributed by atoms with E-state index in [9.17, 15) is 0 Å². The zero-order valence-corrected chi connectivity index (χ0v) is 7.99. The van der Waals surface area contributed by atoms with Crippen LogP contribution >= 0.6 is 11.6 Å². The number of alkyl halides is 1. The molecular weight excluding hydrogens is 174 g/mol. The van der Waals surface area contributed by atoms with Crippen molar-refractivity contribution >= 4 is 17.4 Å². The second-order valence-corrected chi connectivity index (χ2v) is 3.00. The molecule has 0 aliphatic rings. The summed E-state index contributed by atoms with van der Waals surface area (Å²) in [5.41, 5.74) is 0. The molecule has 0 saturated carbocycles. The van der Waals surface area contributed by atoms with Crippen molar-refractivity contribution in [3.63, 3.8) is 0 Å². The van der Waals surface area contributed by atoms with Gasteiger partial charge >= 0.3 is 0 Å². The van der Waals surface area contributed by atoms with Crippen LogP contribution in [0.5, 0.6) is 0 Å². The Labute approximate surface area is 77.4 Å². The summed E-state index contributed by atoms with van der Waals surface area (Å²) in [5, 5.41) is 7.75. The second kappa shape index (κ2) is 4.26. The van der Waals surface area contributed by atoms with E-state index in [1.165, 1.54) is 0 Å². The van der Waals surface area contributed by atoms with E-state index >= 15 is 0 Å². The predicted octanol–water partition coefficient (Wildman–Crippen LogP) is 1.54. The molecule has 1 heterocycles. The van der Waals surface area contributed by atoms with Crippen LogP contribution in [0.1, 0.15) is 6.92 Å². The van der Waals surface area contributed by atoms with Crippen LogP contribution in [0.3, 0.4) is 0 Å². The molecule has 0 radical (unpaired) electrons. The summed E-state index contributed by atoms with van der Waals surface area (Å²) in [7, 11) is 1.96. The Kier molecular flexibility index (Phi) is 3.29. The van der Waals surface area contributed by atoms with Gasteiger partial charge in [0.1, 0.15) is 0 Å². The average molecular weight is 186 g/mol. The van der Waals surface area contributed by atoms with Crippen LogP contribution in [0.2, 0.25) is 0 Å². The first-order valence-electron chi connectivity index (χ1n) is 3.82. The van der Waals surface area contributed by atoms with Crippen molar-refractivity contribution in [2.45, 2.75) is 13.0 Å². The smallest absolute Gasteiger partial charge is 0.151 e. The van der Waals surface area contributed by atoms with Gasteiger partial charge < -0.3 is 4.90 Å². The maximum atomic E-state index is 5.71. The van der Waals surface area contributed by atoms with Gasteiger partial charge in [0.2, 0.25) is 0 Å². The van der Waals surface area contributed by atoms with E-state index in [-0.39, 0.29) is 6.04 Å². The summed E-state index contributed by atoms with van der Waals surface area (Å²) >= 11 is 5.71. The van der Waals surface area contributed by atoms with Gasteiger partial charge in [0.15, 0.2) is 5.82 Å². The van der Waals surface area contributed by atoms with Crippen LogP contribution in [-0.2, 0) is 0 Å². The molecule has 1 unspecified atom stereocenters. The van der Waals surface area contributed by atoms with E-state index in [2.05, 4.69) is 10.2 Å². The Morgan fingerprint density at radius 2 is 2.42 bits per heavy atom. The molecule has 0 fully saturated rings. The lowest BCUT2D eigenvalue weighted by molar-refractivity contribution is 0.740. The zero-order chi connectivity index (χ0) is 8.97. The Balaban J connectivity index is 2.71. The summed E-state index contributed by atoms with van der Waals surface area (Å²) in [6, 6.07) is 4.05. The van der Waals surface area contributed by atoms with Gasteiger partial charge in [-0.1, -0.05) is 0 Å². The van der Waals surface area contributed by atoms with Crippen molar-refractivity contribution in [2.24, 2.45) is 0 Å². The highest BCUT2D eigenvalue weighted by Crippen LogP contribution is 2.09. The van der Waals surface area contributed by atoms with Crippen molar-refractivity contribution < 1.29 is 0 Å². The molecule has 0 aromatic carbocycles. The van der Waals surface area contributed by atoms with E-state index < -0.39 is 0 Å². The largest absolute Gasteiger partial charge is 0.354 e. The molecule has 3 nitrogen and oxygen atoms in total. The van der Waals surface area contributed by atoms with Gasteiger partial charge in [-0.15, -0.1) is 16.7 Å². The molecular formula is C8H12ClN3.